The molecule has 0 bridgehead atoms. The highest BCUT2D eigenvalue weighted by molar-refractivity contribution is 6.74. The molecule has 3 aliphatic rings. The summed E-state index contributed by atoms with van der Waals surface area (Å²) in [6, 6.07) is 0. The number of carbonyl (C=O) groups excluding carboxylic acids is 1. The van der Waals surface area contributed by atoms with Crippen LogP contribution in [0.2, 0.25) is 36.3 Å². The molecule has 3 fully saturated rings. The Balaban J connectivity index is 1.89. The number of rotatable bonds is 5. The summed E-state index contributed by atoms with van der Waals surface area (Å²) in [5.41, 5.74) is 0. The lowest BCUT2D eigenvalue weighted by molar-refractivity contribution is -0.141. The van der Waals surface area contributed by atoms with Gasteiger partial charge in [-0.2, -0.15) is 0 Å². The van der Waals surface area contributed by atoms with Crippen LogP contribution in [0.4, 0.5) is 0 Å². The number of ketones is 1. The standard InChI is InChI=1S/C29H52O3Si2/c1-28(2,3)33(7,8)31-26(21-14-12-11-13-15-21)18-17-23-24-20-25(30)22(24)16-19-27(23)32-34(9,10)29(4,5)6/h21-24,26-27H,11-16,19-20H2,1-10H3/t22-,23+,24-,26+,27+/m0/s1. The van der Waals surface area contributed by atoms with Gasteiger partial charge in [0.2, 0.25) is 0 Å². The van der Waals surface area contributed by atoms with Crippen molar-refractivity contribution < 1.29 is 13.6 Å². The maximum atomic E-state index is 12.3. The zero-order chi connectivity index (χ0) is 25.5. The van der Waals surface area contributed by atoms with Gasteiger partial charge in [-0.25, -0.2) is 0 Å². The Kier molecular flexibility index (Phi) is 8.41. The molecule has 0 spiro atoms. The van der Waals surface area contributed by atoms with E-state index in [0.717, 1.165) is 12.8 Å². The zero-order valence-electron chi connectivity index (χ0n) is 23.8. The van der Waals surface area contributed by atoms with Gasteiger partial charge in [0, 0.05) is 18.3 Å². The van der Waals surface area contributed by atoms with Crippen molar-refractivity contribution >= 4 is 22.4 Å². The van der Waals surface area contributed by atoms with Gasteiger partial charge in [0.05, 0.1) is 6.10 Å². The summed E-state index contributed by atoms with van der Waals surface area (Å²) in [7, 11) is -3.83. The second-order valence-corrected chi connectivity index (χ2v) is 24.0. The van der Waals surface area contributed by atoms with Crippen LogP contribution in [0.5, 0.6) is 0 Å². The predicted molar refractivity (Wildman–Crippen MR) is 148 cm³/mol. The van der Waals surface area contributed by atoms with Gasteiger partial charge in [-0.05, 0) is 73.8 Å². The highest BCUT2D eigenvalue weighted by Gasteiger charge is 2.52. The molecule has 0 aromatic rings. The lowest BCUT2D eigenvalue weighted by Crippen LogP contribution is -2.54. The molecule has 5 heteroatoms. The van der Waals surface area contributed by atoms with E-state index in [1.165, 1.54) is 32.1 Å². The molecule has 0 aromatic heterocycles. The van der Waals surface area contributed by atoms with Crippen LogP contribution in [-0.2, 0) is 13.6 Å². The molecule has 0 N–H and O–H groups in total. The summed E-state index contributed by atoms with van der Waals surface area (Å²) in [6.07, 6.45) is 9.20. The first-order valence-corrected chi connectivity index (χ1v) is 19.7. The average molecular weight is 505 g/mol. The Bertz CT molecular complexity index is 787. The van der Waals surface area contributed by atoms with Crippen molar-refractivity contribution in [3.05, 3.63) is 0 Å². The normalized spacial score (nSPS) is 30.1. The Labute approximate surface area is 212 Å². The third-order valence-corrected chi connectivity index (χ3v) is 18.9. The van der Waals surface area contributed by atoms with Crippen LogP contribution in [0.1, 0.15) is 92.9 Å². The highest BCUT2D eigenvalue weighted by Crippen LogP contribution is 2.49. The number of carbonyl (C=O) groups is 1. The molecule has 0 radical (unpaired) electrons. The van der Waals surface area contributed by atoms with E-state index in [0.29, 0.717) is 24.0 Å². The second-order valence-electron chi connectivity index (χ2n) is 14.4. The summed E-state index contributed by atoms with van der Waals surface area (Å²) >= 11 is 0. The number of hydrogen-bond acceptors (Lipinski definition) is 3. The van der Waals surface area contributed by atoms with Crippen molar-refractivity contribution in [3.8, 4) is 11.8 Å². The van der Waals surface area contributed by atoms with E-state index in [-0.39, 0.29) is 34.1 Å². The van der Waals surface area contributed by atoms with Crippen LogP contribution >= 0.6 is 0 Å². The summed E-state index contributed by atoms with van der Waals surface area (Å²) < 4.78 is 14.0. The molecular formula is C29H52O3Si2. The largest absolute Gasteiger partial charge is 0.413 e. The Morgan fingerprint density at radius 2 is 1.44 bits per heavy atom. The van der Waals surface area contributed by atoms with E-state index in [1.807, 2.05) is 0 Å². The molecule has 3 rings (SSSR count). The van der Waals surface area contributed by atoms with Crippen molar-refractivity contribution in [2.75, 3.05) is 0 Å². The number of Topliss-reactive ketones (excluding diaryl/α,β-unsaturated/α-hetero) is 1. The summed E-state index contributed by atoms with van der Waals surface area (Å²) in [4.78, 5) is 12.3. The second kappa shape index (κ2) is 10.2. The van der Waals surface area contributed by atoms with Crippen molar-refractivity contribution in [3.63, 3.8) is 0 Å². The number of hydrogen-bond donors (Lipinski definition) is 0. The monoisotopic (exact) mass is 504 g/mol. The van der Waals surface area contributed by atoms with Crippen LogP contribution in [0.25, 0.3) is 0 Å². The van der Waals surface area contributed by atoms with Crippen molar-refractivity contribution in [2.24, 2.45) is 23.7 Å². The quantitative estimate of drug-likeness (QED) is 0.281. The van der Waals surface area contributed by atoms with E-state index in [4.69, 9.17) is 8.85 Å². The molecule has 34 heavy (non-hydrogen) atoms. The Hall–Kier alpha value is -0.416. The van der Waals surface area contributed by atoms with E-state index >= 15 is 0 Å². The van der Waals surface area contributed by atoms with E-state index in [9.17, 15) is 4.79 Å². The average Bonchev–Trinajstić information content (AvgIpc) is 2.70. The third kappa shape index (κ3) is 6.10. The molecule has 0 saturated heterocycles. The third-order valence-electron chi connectivity index (χ3n) is 9.94. The molecule has 0 heterocycles. The molecule has 0 aromatic carbocycles. The maximum Gasteiger partial charge on any atom is 0.193 e. The van der Waals surface area contributed by atoms with Gasteiger partial charge in [0.15, 0.2) is 16.6 Å². The fourth-order valence-corrected chi connectivity index (χ4v) is 8.01. The molecule has 3 saturated carbocycles. The summed E-state index contributed by atoms with van der Waals surface area (Å²) in [5, 5.41) is 0.346. The van der Waals surface area contributed by atoms with Gasteiger partial charge in [-0.15, -0.1) is 0 Å². The van der Waals surface area contributed by atoms with E-state index in [1.54, 1.807) is 0 Å². The van der Waals surface area contributed by atoms with Crippen molar-refractivity contribution in [1.29, 1.82) is 0 Å². The van der Waals surface area contributed by atoms with E-state index < -0.39 is 16.6 Å². The SMILES string of the molecule is CC(C)(C)[Si](C)(C)O[C@H](C#C[C@@H]1[C@H]2CC(=O)[C@H]2CC[C@H]1O[Si](C)(C)C(C)(C)C)C1CCCCC1. The molecular weight excluding hydrogens is 452 g/mol. The molecule has 0 unspecified atom stereocenters. The van der Waals surface area contributed by atoms with Crippen LogP contribution in [0, 0.1) is 35.5 Å². The molecule has 0 amide bonds. The lowest BCUT2D eigenvalue weighted by atomic mass is 9.59. The van der Waals surface area contributed by atoms with Gasteiger partial charge in [-0.1, -0.05) is 72.6 Å². The topological polar surface area (TPSA) is 35.5 Å². The Morgan fingerprint density at radius 1 is 0.853 bits per heavy atom. The fourth-order valence-electron chi connectivity index (χ4n) is 5.40. The minimum absolute atomic E-state index is 0.0193. The predicted octanol–water partition coefficient (Wildman–Crippen LogP) is 7.97. The Morgan fingerprint density at radius 3 is 1.97 bits per heavy atom. The van der Waals surface area contributed by atoms with Gasteiger partial charge < -0.3 is 8.85 Å². The van der Waals surface area contributed by atoms with Crippen molar-refractivity contribution in [2.45, 2.75) is 141 Å². The van der Waals surface area contributed by atoms with E-state index in [2.05, 4.69) is 79.6 Å². The van der Waals surface area contributed by atoms with Crippen LogP contribution in [0.3, 0.4) is 0 Å². The molecule has 194 valence electrons. The smallest absolute Gasteiger partial charge is 0.193 e. The zero-order valence-corrected chi connectivity index (χ0v) is 25.8. The maximum absolute atomic E-state index is 12.3. The minimum Gasteiger partial charge on any atom is -0.413 e. The number of fused-ring (bicyclic) bond motifs is 1. The van der Waals surface area contributed by atoms with Gasteiger partial charge in [0.25, 0.3) is 0 Å². The molecule has 5 atom stereocenters. The molecule has 0 aliphatic heterocycles. The van der Waals surface area contributed by atoms with Gasteiger partial charge in [0.1, 0.15) is 11.9 Å². The molecule has 3 nitrogen and oxygen atoms in total. The highest BCUT2D eigenvalue weighted by atomic mass is 28.4. The lowest BCUT2D eigenvalue weighted by Gasteiger charge is -2.49. The summed E-state index contributed by atoms with van der Waals surface area (Å²) in [6.45, 7) is 23.3. The van der Waals surface area contributed by atoms with Crippen LogP contribution in [-0.4, -0.2) is 34.6 Å². The first-order valence-electron chi connectivity index (χ1n) is 13.9. The van der Waals surface area contributed by atoms with Crippen LogP contribution < -0.4 is 0 Å². The van der Waals surface area contributed by atoms with Crippen molar-refractivity contribution in [1.82, 2.24) is 0 Å². The van der Waals surface area contributed by atoms with Gasteiger partial charge in [-0.3, -0.25) is 4.79 Å². The first kappa shape index (κ1) is 28.2. The minimum atomic E-state index is -1.93. The molecule has 3 aliphatic carbocycles. The van der Waals surface area contributed by atoms with Crippen LogP contribution in [0.15, 0.2) is 0 Å². The summed E-state index contributed by atoms with van der Waals surface area (Å²) in [5.74, 6) is 9.24. The fraction of sp³-hybridized carbons (Fsp3) is 0.897. The first-order chi connectivity index (χ1) is 15.5. The van der Waals surface area contributed by atoms with Gasteiger partial charge >= 0.3 is 0 Å².